The van der Waals surface area contributed by atoms with Crippen LogP contribution in [0.3, 0.4) is 0 Å². The fraction of sp³-hybridized carbons (Fsp3) is 0.625. The Hall–Kier alpha value is -1.38. The minimum atomic E-state index is 0.728. The van der Waals surface area contributed by atoms with E-state index in [2.05, 4.69) is 30.9 Å². The van der Waals surface area contributed by atoms with E-state index in [0.29, 0.717) is 0 Å². The van der Waals surface area contributed by atoms with Gasteiger partial charge in [0.15, 0.2) is 0 Å². The van der Waals surface area contributed by atoms with Gasteiger partial charge in [0.05, 0.1) is 12.3 Å². The molecule has 0 unspecified atom stereocenters. The van der Waals surface area contributed by atoms with Gasteiger partial charge < -0.3 is 15.4 Å². The molecule has 3 nitrogen and oxygen atoms in total. The number of piperidine rings is 1. The van der Waals surface area contributed by atoms with Crippen LogP contribution in [0.4, 0.5) is 11.4 Å². The summed E-state index contributed by atoms with van der Waals surface area (Å²) in [5, 5.41) is 0. The van der Waals surface area contributed by atoms with E-state index < -0.39 is 0 Å². The van der Waals surface area contributed by atoms with E-state index in [1.165, 1.54) is 24.9 Å². The average molecular weight is 262 g/mol. The van der Waals surface area contributed by atoms with E-state index in [9.17, 15) is 0 Å². The van der Waals surface area contributed by atoms with Gasteiger partial charge in [0, 0.05) is 24.8 Å². The molecule has 0 aromatic heterocycles. The topological polar surface area (TPSA) is 38.5 Å². The fourth-order valence-corrected chi connectivity index (χ4v) is 2.66. The third kappa shape index (κ3) is 3.55. The summed E-state index contributed by atoms with van der Waals surface area (Å²) in [7, 11) is 0. The maximum atomic E-state index is 5.96. The van der Waals surface area contributed by atoms with Crippen molar-refractivity contribution in [1.29, 1.82) is 0 Å². The summed E-state index contributed by atoms with van der Waals surface area (Å²) in [4.78, 5) is 2.45. The molecular weight excluding hydrogens is 236 g/mol. The normalized spacial score (nSPS) is 16.6. The maximum Gasteiger partial charge on any atom is 0.144 e. The van der Waals surface area contributed by atoms with Crippen LogP contribution in [0.1, 0.15) is 39.5 Å². The van der Waals surface area contributed by atoms with Crippen molar-refractivity contribution < 1.29 is 4.74 Å². The van der Waals surface area contributed by atoms with E-state index in [4.69, 9.17) is 10.5 Å². The van der Waals surface area contributed by atoms with Crippen molar-refractivity contribution in [2.24, 2.45) is 5.92 Å². The lowest BCUT2D eigenvalue weighted by atomic mass is 9.94. The molecule has 19 heavy (non-hydrogen) atoms. The number of nitrogens with zero attached hydrogens (tertiary/aromatic N) is 1. The summed E-state index contributed by atoms with van der Waals surface area (Å²) in [6.07, 6.45) is 4.91. The van der Waals surface area contributed by atoms with Crippen molar-refractivity contribution in [2.75, 3.05) is 30.3 Å². The van der Waals surface area contributed by atoms with Gasteiger partial charge in [-0.2, -0.15) is 0 Å². The summed E-state index contributed by atoms with van der Waals surface area (Å²) >= 11 is 0. The Bertz CT molecular complexity index is 398. The minimum Gasteiger partial charge on any atom is -0.491 e. The Kier molecular flexibility index (Phi) is 4.94. The number of anilines is 2. The van der Waals surface area contributed by atoms with Crippen molar-refractivity contribution in [3.63, 3.8) is 0 Å². The molecular formula is C16H26N2O. The zero-order valence-electron chi connectivity index (χ0n) is 12.2. The van der Waals surface area contributed by atoms with Crippen LogP contribution in [-0.4, -0.2) is 19.7 Å². The molecule has 2 N–H and O–H groups in total. The number of hydrogen-bond acceptors (Lipinski definition) is 3. The largest absolute Gasteiger partial charge is 0.491 e. The first-order valence-corrected chi connectivity index (χ1v) is 7.51. The highest BCUT2D eigenvalue weighted by Gasteiger charge is 2.18. The van der Waals surface area contributed by atoms with Crippen molar-refractivity contribution in [3.05, 3.63) is 18.2 Å². The number of nitrogen functional groups attached to an aromatic ring is 1. The van der Waals surface area contributed by atoms with Crippen molar-refractivity contribution >= 4 is 11.4 Å². The van der Waals surface area contributed by atoms with Crippen LogP contribution in [0, 0.1) is 5.92 Å². The van der Waals surface area contributed by atoms with Crippen molar-refractivity contribution in [2.45, 2.75) is 39.5 Å². The Morgan fingerprint density at radius 1 is 1.26 bits per heavy atom. The minimum absolute atomic E-state index is 0.728. The van der Waals surface area contributed by atoms with E-state index in [1.807, 2.05) is 6.07 Å². The second-order valence-electron chi connectivity index (χ2n) is 5.41. The summed E-state index contributed by atoms with van der Waals surface area (Å²) in [5.74, 6) is 1.73. The number of benzene rings is 1. The van der Waals surface area contributed by atoms with E-state index in [1.54, 1.807) is 0 Å². The Morgan fingerprint density at radius 3 is 2.63 bits per heavy atom. The van der Waals surface area contributed by atoms with Gasteiger partial charge in [-0.3, -0.25) is 0 Å². The van der Waals surface area contributed by atoms with Gasteiger partial charge in [0.2, 0.25) is 0 Å². The molecule has 1 aliphatic rings. The van der Waals surface area contributed by atoms with Crippen molar-refractivity contribution in [3.8, 4) is 5.75 Å². The highest BCUT2D eigenvalue weighted by Crippen LogP contribution is 2.31. The number of hydrogen-bond donors (Lipinski definition) is 1. The third-order valence-electron chi connectivity index (χ3n) is 4.02. The molecule has 1 saturated heterocycles. The van der Waals surface area contributed by atoms with Gasteiger partial charge in [-0.1, -0.05) is 20.3 Å². The molecule has 0 amide bonds. The summed E-state index contributed by atoms with van der Waals surface area (Å²) in [5.41, 5.74) is 7.94. The number of nitrogens with two attached hydrogens (primary N) is 1. The number of rotatable bonds is 5. The predicted octanol–water partition coefficient (Wildman–Crippen LogP) is 3.68. The lowest BCUT2D eigenvalue weighted by Gasteiger charge is -2.33. The average Bonchev–Trinajstić information content (AvgIpc) is 2.46. The van der Waals surface area contributed by atoms with Gasteiger partial charge in [-0.05, 0) is 37.3 Å². The van der Waals surface area contributed by atoms with Gasteiger partial charge >= 0.3 is 0 Å². The van der Waals surface area contributed by atoms with E-state index in [-0.39, 0.29) is 0 Å². The highest BCUT2D eigenvalue weighted by atomic mass is 16.5. The molecule has 0 aliphatic carbocycles. The molecule has 1 aromatic rings. The molecule has 1 aromatic carbocycles. The van der Waals surface area contributed by atoms with Crippen LogP contribution < -0.4 is 15.4 Å². The second kappa shape index (κ2) is 6.69. The van der Waals surface area contributed by atoms with Crippen LogP contribution in [0.25, 0.3) is 0 Å². The molecule has 0 saturated carbocycles. The van der Waals surface area contributed by atoms with Gasteiger partial charge in [0.1, 0.15) is 5.75 Å². The molecule has 106 valence electrons. The second-order valence-corrected chi connectivity index (χ2v) is 5.41. The fourth-order valence-electron chi connectivity index (χ4n) is 2.66. The summed E-state index contributed by atoms with van der Waals surface area (Å²) < 4.78 is 5.71. The molecule has 1 aliphatic heterocycles. The van der Waals surface area contributed by atoms with Crippen LogP contribution in [0.5, 0.6) is 5.75 Å². The summed E-state index contributed by atoms with van der Waals surface area (Å²) in [6.45, 7) is 7.42. The molecule has 0 bridgehead atoms. The van der Waals surface area contributed by atoms with E-state index in [0.717, 1.165) is 43.5 Å². The zero-order chi connectivity index (χ0) is 13.7. The molecule has 1 fully saturated rings. The lowest BCUT2D eigenvalue weighted by Crippen LogP contribution is -2.33. The van der Waals surface area contributed by atoms with Crippen LogP contribution >= 0.6 is 0 Å². The predicted molar refractivity (Wildman–Crippen MR) is 81.9 cm³/mol. The van der Waals surface area contributed by atoms with Crippen LogP contribution in [0.15, 0.2) is 18.2 Å². The monoisotopic (exact) mass is 262 g/mol. The van der Waals surface area contributed by atoms with Crippen LogP contribution in [0.2, 0.25) is 0 Å². The zero-order valence-corrected chi connectivity index (χ0v) is 12.2. The Balaban J connectivity index is 2.04. The molecule has 0 atom stereocenters. The smallest absolute Gasteiger partial charge is 0.144 e. The maximum absolute atomic E-state index is 5.96. The van der Waals surface area contributed by atoms with Crippen molar-refractivity contribution in [1.82, 2.24) is 0 Å². The Morgan fingerprint density at radius 2 is 2.00 bits per heavy atom. The third-order valence-corrected chi connectivity index (χ3v) is 4.02. The van der Waals surface area contributed by atoms with Gasteiger partial charge in [-0.25, -0.2) is 0 Å². The molecule has 0 spiro atoms. The lowest BCUT2D eigenvalue weighted by molar-refractivity contribution is 0.319. The van der Waals surface area contributed by atoms with E-state index >= 15 is 0 Å². The van der Waals surface area contributed by atoms with Gasteiger partial charge in [0.25, 0.3) is 0 Å². The summed E-state index contributed by atoms with van der Waals surface area (Å²) in [6, 6.07) is 6.17. The first kappa shape index (κ1) is 14.0. The quantitative estimate of drug-likeness (QED) is 0.823. The molecule has 3 heteroatoms. The first-order chi connectivity index (χ1) is 9.24. The van der Waals surface area contributed by atoms with Gasteiger partial charge in [-0.15, -0.1) is 0 Å². The Labute approximate surface area is 116 Å². The van der Waals surface area contributed by atoms with Crippen LogP contribution in [-0.2, 0) is 0 Å². The first-order valence-electron chi connectivity index (χ1n) is 7.51. The molecule has 1 heterocycles. The SMILES string of the molecule is CCCOc1cc(N2CCC(CC)CC2)ccc1N. The standard InChI is InChI=1S/C16H26N2O/c1-3-11-19-16-12-14(5-6-15(16)17)18-9-7-13(4-2)8-10-18/h5-6,12-13H,3-4,7-11,17H2,1-2H3. The highest BCUT2D eigenvalue weighted by molar-refractivity contribution is 5.62. The molecule has 0 radical (unpaired) electrons. The number of ether oxygens (including phenoxy) is 1. The molecule has 2 rings (SSSR count).